The van der Waals surface area contributed by atoms with E-state index in [1.165, 1.54) is 6.07 Å². The molecule has 0 unspecified atom stereocenters. The number of aromatic nitrogens is 2. The Bertz CT molecular complexity index is 659. The fraction of sp³-hybridized carbons (Fsp3) is 0.500. The van der Waals surface area contributed by atoms with Crippen molar-refractivity contribution in [3.05, 3.63) is 35.5 Å². The Morgan fingerprint density at radius 2 is 2.23 bits per heavy atom. The van der Waals surface area contributed by atoms with Gasteiger partial charge in [-0.3, -0.25) is 4.90 Å². The molecule has 0 spiro atoms. The van der Waals surface area contributed by atoms with E-state index in [2.05, 4.69) is 15.0 Å². The second-order valence-electron chi connectivity index (χ2n) is 5.77. The summed E-state index contributed by atoms with van der Waals surface area (Å²) in [7, 11) is 0. The second-order valence-corrected chi connectivity index (χ2v) is 5.77. The fourth-order valence-electron chi connectivity index (χ4n) is 2.61. The fourth-order valence-corrected chi connectivity index (χ4v) is 2.61. The van der Waals surface area contributed by atoms with Crippen molar-refractivity contribution in [2.24, 2.45) is 0 Å². The Morgan fingerprint density at radius 3 is 2.95 bits per heavy atom. The quantitative estimate of drug-likeness (QED) is 0.872. The molecular weight excluding hydrogens is 285 g/mol. The number of ether oxygens (including phenoxy) is 1. The maximum atomic E-state index is 13.7. The van der Waals surface area contributed by atoms with Crippen molar-refractivity contribution in [1.82, 2.24) is 15.0 Å². The van der Waals surface area contributed by atoms with Crippen LogP contribution in [-0.2, 0) is 4.74 Å². The number of rotatable bonds is 3. The summed E-state index contributed by atoms with van der Waals surface area (Å²) in [6, 6.07) is 4.97. The van der Waals surface area contributed by atoms with Crippen LogP contribution in [0.15, 0.2) is 22.7 Å². The van der Waals surface area contributed by atoms with Crippen molar-refractivity contribution in [2.75, 3.05) is 19.7 Å². The van der Waals surface area contributed by atoms with E-state index in [0.29, 0.717) is 29.4 Å². The van der Waals surface area contributed by atoms with Crippen LogP contribution in [-0.4, -0.2) is 40.8 Å². The summed E-state index contributed by atoms with van der Waals surface area (Å²) in [4.78, 5) is 6.68. The number of morpholine rings is 1. The van der Waals surface area contributed by atoms with Gasteiger partial charge in [0.1, 0.15) is 5.82 Å². The van der Waals surface area contributed by atoms with Crippen molar-refractivity contribution in [1.29, 1.82) is 0 Å². The average molecular weight is 305 g/mol. The first-order chi connectivity index (χ1) is 10.5. The van der Waals surface area contributed by atoms with E-state index < -0.39 is 0 Å². The molecule has 0 aliphatic carbocycles. The number of aryl methyl sites for hydroxylation is 1. The van der Waals surface area contributed by atoms with Gasteiger partial charge in [0, 0.05) is 18.7 Å². The Labute approximate surface area is 129 Å². The first-order valence-electron chi connectivity index (χ1n) is 7.50. The highest BCUT2D eigenvalue weighted by Crippen LogP contribution is 2.25. The molecule has 0 radical (unpaired) electrons. The molecule has 2 aromatic rings. The van der Waals surface area contributed by atoms with Gasteiger partial charge in [-0.05, 0) is 32.4 Å². The van der Waals surface area contributed by atoms with Crippen LogP contribution >= 0.6 is 0 Å². The van der Waals surface area contributed by atoms with Crippen LogP contribution in [0.2, 0.25) is 0 Å². The molecule has 2 atom stereocenters. The number of hydrogen-bond acceptors (Lipinski definition) is 5. The highest BCUT2D eigenvalue weighted by atomic mass is 19.1. The normalized spacial score (nSPS) is 21.0. The molecule has 5 nitrogen and oxygen atoms in total. The lowest BCUT2D eigenvalue weighted by Gasteiger charge is -2.33. The smallest absolute Gasteiger partial charge is 0.244 e. The largest absolute Gasteiger partial charge is 0.376 e. The zero-order valence-corrected chi connectivity index (χ0v) is 13.0. The lowest BCUT2D eigenvalue weighted by atomic mass is 10.1. The maximum Gasteiger partial charge on any atom is 0.244 e. The molecule has 1 aliphatic heterocycles. The van der Waals surface area contributed by atoms with Crippen LogP contribution in [0.1, 0.15) is 31.3 Å². The zero-order chi connectivity index (χ0) is 15.7. The SMILES string of the molecule is Cc1ccc(-c2noc([C@@H](C)N3CCO[C@@H](C)C3)n2)cc1F. The van der Waals surface area contributed by atoms with E-state index in [4.69, 9.17) is 9.26 Å². The van der Waals surface area contributed by atoms with E-state index in [1.54, 1.807) is 19.1 Å². The predicted molar refractivity (Wildman–Crippen MR) is 79.8 cm³/mol. The highest BCUT2D eigenvalue weighted by Gasteiger charge is 2.26. The van der Waals surface area contributed by atoms with Gasteiger partial charge < -0.3 is 9.26 Å². The molecule has 1 fully saturated rings. The van der Waals surface area contributed by atoms with E-state index in [1.807, 2.05) is 13.8 Å². The van der Waals surface area contributed by atoms with Crippen LogP contribution in [0, 0.1) is 12.7 Å². The van der Waals surface area contributed by atoms with Crippen molar-refractivity contribution < 1.29 is 13.7 Å². The Morgan fingerprint density at radius 1 is 1.41 bits per heavy atom. The summed E-state index contributed by atoms with van der Waals surface area (Å²) in [5.41, 5.74) is 1.23. The van der Waals surface area contributed by atoms with Gasteiger partial charge >= 0.3 is 0 Å². The van der Waals surface area contributed by atoms with Crippen LogP contribution in [0.4, 0.5) is 4.39 Å². The van der Waals surface area contributed by atoms with Crippen LogP contribution in [0.3, 0.4) is 0 Å². The lowest BCUT2D eigenvalue weighted by molar-refractivity contribution is -0.0361. The molecule has 6 heteroatoms. The monoisotopic (exact) mass is 305 g/mol. The molecule has 0 N–H and O–H groups in total. The molecule has 118 valence electrons. The maximum absolute atomic E-state index is 13.7. The molecule has 0 amide bonds. The van der Waals surface area contributed by atoms with Gasteiger partial charge in [-0.25, -0.2) is 4.39 Å². The van der Waals surface area contributed by atoms with Gasteiger partial charge in [0.25, 0.3) is 0 Å². The van der Waals surface area contributed by atoms with Gasteiger partial charge in [0.05, 0.1) is 18.8 Å². The predicted octanol–water partition coefficient (Wildman–Crippen LogP) is 2.97. The average Bonchev–Trinajstić information content (AvgIpc) is 2.99. The van der Waals surface area contributed by atoms with E-state index in [-0.39, 0.29) is 18.0 Å². The van der Waals surface area contributed by atoms with Gasteiger partial charge in [0.15, 0.2) is 0 Å². The minimum Gasteiger partial charge on any atom is -0.376 e. The molecule has 0 saturated carbocycles. The number of benzene rings is 1. The third-order valence-corrected chi connectivity index (χ3v) is 4.05. The van der Waals surface area contributed by atoms with Crippen LogP contribution in [0.25, 0.3) is 11.4 Å². The summed E-state index contributed by atoms with van der Waals surface area (Å²) in [5.74, 6) is 0.700. The van der Waals surface area contributed by atoms with Crippen molar-refractivity contribution in [3.8, 4) is 11.4 Å². The van der Waals surface area contributed by atoms with Crippen molar-refractivity contribution in [2.45, 2.75) is 32.9 Å². The van der Waals surface area contributed by atoms with Crippen LogP contribution < -0.4 is 0 Å². The lowest BCUT2D eigenvalue weighted by Crippen LogP contribution is -2.42. The molecule has 3 rings (SSSR count). The number of nitrogens with zero attached hydrogens (tertiary/aromatic N) is 3. The van der Waals surface area contributed by atoms with E-state index in [9.17, 15) is 4.39 Å². The minimum absolute atomic E-state index is 0.0166. The first-order valence-corrected chi connectivity index (χ1v) is 7.50. The third kappa shape index (κ3) is 3.03. The summed E-state index contributed by atoms with van der Waals surface area (Å²) < 4.78 is 24.6. The third-order valence-electron chi connectivity index (χ3n) is 4.05. The Hall–Kier alpha value is -1.79. The van der Waals surface area contributed by atoms with Gasteiger partial charge in [-0.1, -0.05) is 17.3 Å². The topological polar surface area (TPSA) is 51.4 Å². The molecule has 1 aromatic carbocycles. The number of halogens is 1. The summed E-state index contributed by atoms with van der Waals surface area (Å²) >= 11 is 0. The van der Waals surface area contributed by atoms with Gasteiger partial charge in [-0.2, -0.15) is 4.98 Å². The van der Waals surface area contributed by atoms with Crippen molar-refractivity contribution in [3.63, 3.8) is 0 Å². The van der Waals surface area contributed by atoms with Crippen molar-refractivity contribution >= 4 is 0 Å². The molecule has 2 heterocycles. The summed E-state index contributed by atoms with van der Waals surface area (Å²) in [6.07, 6.45) is 0.199. The highest BCUT2D eigenvalue weighted by molar-refractivity contribution is 5.54. The first kappa shape index (κ1) is 15.1. The molecule has 22 heavy (non-hydrogen) atoms. The minimum atomic E-state index is -0.265. The molecular formula is C16H20FN3O2. The molecule has 1 saturated heterocycles. The zero-order valence-electron chi connectivity index (χ0n) is 13.0. The number of hydrogen-bond donors (Lipinski definition) is 0. The summed E-state index contributed by atoms with van der Waals surface area (Å²) in [5, 5.41) is 3.98. The van der Waals surface area contributed by atoms with Gasteiger partial charge in [-0.15, -0.1) is 0 Å². The standard InChI is InChI=1S/C16H20FN3O2/c1-10-4-5-13(8-14(10)17)15-18-16(22-19-15)12(3)20-6-7-21-11(2)9-20/h4-5,8,11-12H,6-7,9H2,1-3H3/t11-,12+/m0/s1. The van der Waals surface area contributed by atoms with E-state index in [0.717, 1.165) is 13.1 Å². The summed E-state index contributed by atoms with van der Waals surface area (Å²) in [6.45, 7) is 8.18. The van der Waals surface area contributed by atoms with Crippen LogP contribution in [0.5, 0.6) is 0 Å². The second kappa shape index (κ2) is 6.14. The molecule has 0 bridgehead atoms. The van der Waals surface area contributed by atoms with Gasteiger partial charge in [0.2, 0.25) is 11.7 Å². The molecule has 1 aliphatic rings. The van der Waals surface area contributed by atoms with E-state index >= 15 is 0 Å². The Balaban J connectivity index is 1.79. The molecule has 1 aromatic heterocycles. The Kier molecular flexibility index (Phi) is 4.22.